The van der Waals surface area contributed by atoms with Crippen LogP contribution >= 0.6 is 15.9 Å². The summed E-state index contributed by atoms with van der Waals surface area (Å²) >= 11 is 3.38. The molecule has 1 aromatic rings. The average Bonchev–Trinajstić information content (AvgIpc) is 3.22. The second kappa shape index (κ2) is 8.82. The van der Waals surface area contributed by atoms with Gasteiger partial charge in [0.2, 0.25) is 0 Å². The van der Waals surface area contributed by atoms with Crippen molar-refractivity contribution in [1.82, 2.24) is 4.90 Å². The van der Waals surface area contributed by atoms with Crippen molar-refractivity contribution < 1.29 is 13.9 Å². The first-order valence-electron chi connectivity index (χ1n) is 9.96. The quantitative estimate of drug-likeness (QED) is 0.502. The maximum Gasteiger partial charge on any atom is 0.256 e. The molecular weight excluding hydrogens is 411 g/mol. The Kier molecular flexibility index (Phi) is 6.69. The van der Waals surface area contributed by atoms with E-state index in [2.05, 4.69) is 22.9 Å². The number of hydrogen-bond donors (Lipinski definition) is 0. The molecule has 0 aromatic heterocycles. The van der Waals surface area contributed by atoms with Gasteiger partial charge in [0, 0.05) is 24.2 Å². The maximum absolute atomic E-state index is 15.1. The summed E-state index contributed by atoms with van der Waals surface area (Å²) in [5, 5.41) is -0.494. The number of amidine groups is 1. The largest absolute Gasteiger partial charge is 0.362 e. The zero-order valence-corrected chi connectivity index (χ0v) is 17.7. The van der Waals surface area contributed by atoms with Crippen LogP contribution in [0.4, 0.5) is 4.39 Å². The highest BCUT2D eigenvalue weighted by molar-refractivity contribution is 9.09. The minimum Gasteiger partial charge on any atom is -0.362 e. The minimum atomic E-state index is -0.583. The van der Waals surface area contributed by atoms with Crippen LogP contribution in [0.2, 0.25) is 0 Å². The van der Waals surface area contributed by atoms with Gasteiger partial charge >= 0.3 is 0 Å². The summed E-state index contributed by atoms with van der Waals surface area (Å²) in [5.41, 5.74) is 0.383. The van der Waals surface area contributed by atoms with Crippen molar-refractivity contribution in [3.05, 3.63) is 35.1 Å². The second-order valence-corrected chi connectivity index (χ2v) is 8.18. The number of benzene rings is 1. The van der Waals surface area contributed by atoms with Crippen LogP contribution in [0.5, 0.6) is 0 Å². The van der Waals surface area contributed by atoms with Gasteiger partial charge in [-0.25, -0.2) is 4.39 Å². The van der Waals surface area contributed by atoms with Crippen LogP contribution in [0.25, 0.3) is 0 Å². The first-order valence-corrected chi connectivity index (χ1v) is 10.9. The molecule has 4 nitrogen and oxygen atoms in total. The summed E-state index contributed by atoms with van der Waals surface area (Å²) in [6.07, 6.45) is 6.49. The maximum atomic E-state index is 15.1. The van der Waals surface area contributed by atoms with Crippen LogP contribution in [-0.2, 0) is 16.1 Å². The molecule has 0 saturated heterocycles. The number of carbonyl (C=O) groups excluding carboxylic acids is 1. The Morgan fingerprint density at radius 2 is 2.07 bits per heavy atom. The fourth-order valence-electron chi connectivity index (χ4n) is 4.00. The highest BCUT2D eigenvalue weighted by atomic mass is 79.9. The molecule has 1 atom stereocenters. The molecule has 0 radical (unpaired) electrons. The number of halogens is 2. The van der Waals surface area contributed by atoms with Gasteiger partial charge in [0.25, 0.3) is 5.91 Å². The SMILES string of the molecule is CCCCC1=NC2(CCCC2)C(=O)N1Cc1cccc(C(Br)OCC)c1F. The molecule has 1 aliphatic heterocycles. The van der Waals surface area contributed by atoms with E-state index >= 15 is 4.39 Å². The number of rotatable bonds is 8. The number of amides is 1. The molecule has 3 rings (SSSR count). The molecule has 1 spiro atoms. The molecule has 27 heavy (non-hydrogen) atoms. The molecule has 2 aliphatic rings. The van der Waals surface area contributed by atoms with Crippen LogP contribution in [0, 0.1) is 5.82 Å². The summed E-state index contributed by atoms with van der Waals surface area (Å²) in [4.78, 5) is 19.8. The third kappa shape index (κ3) is 4.11. The number of nitrogens with zero attached hydrogens (tertiary/aromatic N) is 2. The molecule has 1 saturated carbocycles. The lowest BCUT2D eigenvalue weighted by Gasteiger charge is -2.23. The number of unbranched alkanes of at least 4 members (excludes halogenated alkanes) is 1. The van der Waals surface area contributed by atoms with E-state index in [1.807, 2.05) is 13.0 Å². The molecule has 1 aliphatic carbocycles. The molecule has 1 amide bonds. The minimum absolute atomic E-state index is 0.0520. The Bertz CT molecular complexity index is 716. The lowest BCUT2D eigenvalue weighted by Crippen LogP contribution is -2.40. The molecule has 1 fully saturated rings. The van der Waals surface area contributed by atoms with Gasteiger partial charge in [0.1, 0.15) is 22.2 Å². The number of hydrogen-bond acceptors (Lipinski definition) is 3. The van der Waals surface area contributed by atoms with Crippen LogP contribution in [0.3, 0.4) is 0 Å². The molecule has 0 N–H and O–H groups in total. The summed E-state index contributed by atoms with van der Waals surface area (Å²) in [5.74, 6) is 0.563. The van der Waals surface area contributed by atoms with Crippen molar-refractivity contribution in [3.8, 4) is 0 Å². The summed E-state index contributed by atoms with van der Waals surface area (Å²) < 4.78 is 20.6. The normalized spacial score (nSPS) is 19.8. The lowest BCUT2D eigenvalue weighted by atomic mass is 9.98. The van der Waals surface area contributed by atoms with E-state index in [0.717, 1.165) is 50.8 Å². The molecular formula is C21H28BrFN2O2. The Morgan fingerprint density at radius 1 is 1.33 bits per heavy atom. The smallest absolute Gasteiger partial charge is 0.256 e. The molecule has 6 heteroatoms. The van der Waals surface area contributed by atoms with Crippen molar-refractivity contribution >= 4 is 27.7 Å². The van der Waals surface area contributed by atoms with Crippen molar-refractivity contribution in [2.45, 2.75) is 75.9 Å². The van der Waals surface area contributed by atoms with E-state index in [1.54, 1.807) is 17.0 Å². The van der Waals surface area contributed by atoms with E-state index < -0.39 is 10.6 Å². The third-order valence-corrected chi connectivity index (χ3v) is 6.23. The first kappa shape index (κ1) is 20.5. The number of alkyl halides is 1. The van der Waals surface area contributed by atoms with Gasteiger partial charge in [-0.1, -0.05) is 60.3 Å². The van der Waals surface area contributed by atoms with Crippen LogP contribution in [0.15, 0.2) is 23.2 Å². The van der Waals surface area contributed by atoms with E-state index in [4.69, 9.17) is 9.73 Å². The molecule has 1 aromatic carbocycles. The van der Waals surface area contributed by atoms with Crippen LogP contribution < -0.4 is 0 Å². The van der Waals surface area contributed by atoms with Crippen molar-refractivity contribution in [2.75, 3.05) is 6.61 Å². The van der Waals surface area contributed by atoms with Gasteiger partial charge in [0.15, 0.2) is 0 Å². The van der Waals surface area contributed by atoms with Gasteiger partial charge in [-0.2, -0.15) is 0 Å². The molecule has 148 valence electrons. The predicted molar refractivity (Wildman–Crippen MR) is 108 cm³/mol. The monoisotopic (exact) mass is 438 g/mol. The van der Waals surface area contributed by atoms with Gasteiger partial charge in [-0.15, -0.1) is 0 Å². The zero-order valence-electron chi connectivity index (χ0n) is 16.1. The van der Waals surface area contributed by atoms with E-state index in [1.165, 1.54) is 0 Å². The summed E-state index contributed by atoms with van der Waals surface area (Å²) in [7, 11) is 0. The van der Waals surface area contributed by atoms with Gasteiger partial charge in [-0.3, -0.25) is 14.7 Å². The number of carbonyl (C=O) groups is 1. The summed E-state index contributed by atoms with van der Waals surface area (Å²) in [6, 6.07) is 5.27. The molecule has 1 heterocycles. The van der Waals surface area contributed by atoms with Crippen molar-refractivity contribution in [1.29, 1.82) is 0 Å². The third-order valence-electron chi connectivity index (χ3n) is 5.48. The van der Waals surface area contributed by atoms with E-state index in [-0.39, 0.29) is 18.3 Å². The standard InChI is InChI=1S/C21H28BrFN2O2/c1-3-5-11-17-24-21(12-6-7-13-21)20(26)25(17)14-15-9-8-10-16(18(15)23)19(22)27-4-2/h8-10,19H,3-7,11-14H2,1-2H3. The van der Waals surface area contributed by atoms with Crippen molar-refractivity contribution in [2.24, 2.45) is 4.99 Å². The summed E-state index contributed by atoms with van der Waals surface area (Å²) in [6.45, 7) is 4.71. The second-order valence-electron chi connectivity index (χ2n) is 7.35. The lowest BCUT2D eigenvalue weighted by molar-refractivity contribution is -0.131. The fourth-order valence-corrected chi connectivity index (χ4v) is 4.62. The molecule has 0 bridgehead atoms. The van der Waals surface area contributed by atoms with Crippen molar-refractivity contribution in [3.63, 3.8) is 0 Å². The Hall–Kier alpha value is -1.27. The zero-order chi connectivity index (χ0) is 19.4. The predicted octanol–water partition coefficient (Wildman–Crippen LogP) is 5.50. The number of aliphatic imine (C=N–C) groups is 1. The van der Waals surface area contributed by atoms with Gasteiger partial charge < -0.3 is 4.74 Å². The Morgan fingerprint density at radius 3 is 2.74 bits per heavy atom. The van der Waals surface area contributed by atoms with E-state index in [0.29, 0.717) is 17.7 Å². The van der Waals surface area contributed by atoms with Crippen LogP contribution in [-0.4, -0.2) is 28.8 Å². The van der Waals surface area contributed by atoms with Gasteiger partial charge in [0.05, 0.1) is 6.54 Å². The average molecular weight is 439 g/mol. The highest BCUT2D eigenvalue weighted by Gasteiger charge is 2.49. The Balaban J connectivity index is 1.86. The first-order chi connectivity index (χ1) is 13.0. The highest BCUT2D eigenvalue weighted by Crippen LogP contribution is 2.40. The number of ether oxygens (including phenoxy) is 1. The van der Waals surface area contributed by atoms with Crippen LogP contribution in [0.1, 0.15) is 74.9 Å². The fraction of sp³-hybridized carbons (Fsp3) is 0.619. The molecule has 1 unspecified atom stereocenters. The van der Waals surface area contributed by atoms with Gasteiger partial charge in [-0.05, 0) is 26.2 Å². The topological polar surface area (TPSA) is 41.9 Å². The van der Waals surface area contributed by atoms with E-state index in [9.17, 15) is 4.79 Å². The Labute approximate surface area is 169 Å².